The summed E-state index contributed by atoms with van der Waals surface area (Å²) in [6, 6.07) is 7.31. The molecule has 148 valence electrons. The van der Waals surface area contributed by atoms with Gasteiger partial charge in [0.05, 0.1) is 0 Å². The quantitative estimate of drug-likeness (QED) is 0.690. The van der Waals surface area contributed by atoms with Crippen LogP contribution < -0.4 is 5.32 Å². The molecule has 0 radical (unpaired) electrons. The van der Waals surface area contributed by atoms with Crippen LogP contribution in [0.2, 0.25) is 0 Å². The lowest BCUT2D eigenvalue weighted by Gasteiger charge is -2.31. The van der Waals surface area contributed by atoms with Crippen LogP contribution in [0.5, 0.6) is 0 Å². The third kappa shape index (κ3) is 4.65. The number of amides is 2. The summed E-state index contributed by atoms with van der Waals surface area (Å²) < 4.78 is 3.79. The number of hydrogen-bond donors (Lipinski definition) is 1. The molecule has 7 heteroatoms. The van der Waals surface area contributed by atoms with E-state index in [1.54, 1.807) is 11.5 Å². The summed E-state index contributed by atoms with van der Waals surface area (Å²) in [5.74, 6) is -0.477. The van der Waals surface area contributed by atoms with Gasteiger partial charge in [-0.05, 0) is 41.9 Å². The molecule has 1 N–H and O–H groups in total. The summed E-state index contributed by atoms with van der Waals surface area (Å²) in [6.45, 7) is 6.10. The van der Waals surface area contributed by atoms with Crippen LogP contribution in [0.1, 0.15) is 60.3 Å². The van der Waals surface area contributed by atoms with Gasteiger partial charge in [0.25, 0.3) is 5.91 Å². The van der Waals surface area contributed by atoms with Gasteiger partial charge in [-0.3, -0.25) is 9.59 Å². The number of carbonyl (C=O) groups is 2. The molecule has 1 fully saturated rings. The average Bonchev–Trinajstić information content (AvgIpc) is 3.42. The van der Waals surface area contributed by atoms with Crippen LogP contribution in [-0.4, -0.2) is 38.9 Å². The van der Waals surface area contributed by atoms with Gasteiger partial charge in [0.2, 0.25) is 5.91 Å². The molecule has 1 aliphatic rings. The summed E-state index contributed by atoms with van der Waals surface area (Å²) in [6.07, 6.45) is 6.77. The molecule has 1 aromatic heterocycles. The van der Waals surface area contributed by atoms with Crippen LogP contribution in [-0.2, 0) is 11.2 Å². The van der Waals surface area contributed by atoms with E-state index in [9.17, 15) is 9.59 Å². The molecule has 28 heavy (non-hydrogen) atoms. The van der Waals surface area contributed by atoms with Crippen molar-refractivity contribution >= 4 is 23.3 Å². The molecule has 1 heterocycles. The molecule has 0 aliphatic heterocycles. The highest BCUT2D eigenvalue weighted by Gasteiger charge is 2.33. The third-order valence-corrected chi connectivity index (χ3v) is 5.64. The highest BCUT2D eigenvalue weighted by Crippen LogP contribution is 2.26. The van der Waals surface area contributed by atoms with Crippen LogP contribution in [0.4, 0.5) is 0 Å². The minimum absolute atomic E-state index is 0.158. The minimum atomic E-state index is -0.737. The fraction of sp³-hybridized carbons (Fsp3) is 0.429. The lowest BCUT2D eigenvalue weighted by Crippen LogP contribution is -2.46. The van der Waals surface area contributed by atoms with Crippen molar-refractivity contribution in [3.8, 4) is 0 Å². The zero-order valence-electron chi connectivity index (χ0n) is 16.1. The van der Waals surface area contributed by atoms with Crippen molar-refractivity contribution in [1.29, 1.82) is 0 Å². The lowest BCUT2D eigenvalue weighted by molar-refractivity contribution is -0.126. The number of benzene rings is 1. The number of aryl methyl sites for hydroxylation is 1. The first kappa shape index (κ1) is 20.2. The molecule has 0 saturated heterocycles. The molecule has 1 aromatic carbocycles. The van der Waals surface area contributed by atoms with Gasteiger partial charge < -0.3 is 10.2 Å². The standard InChI is InChI=1S/C21H26N4O2S/c1-3-13-25(21(27)18-14-28-24-23-18)19(16-11-9-15(4-2)10-12-16)20(26)22-17-7-5-6-8-17/h3,9-12,14,17,19H,1,4-8,13H2,2H3,(H,22,26)/t19-/m0/s1. The maximum Gasteiger partial charge on any atom is 0.276 e. The molecule has 1 atom stereocenters. The number of carbonyl (C=O) groups excluding carboxylic acids is 2. The number of nitrogens with one attached hydrogen (secondary N) is 1. The molecule has 1 aliphatic carbocycles. The van der Waals surface area contributed by atoms with E-state index in [-0.39, 0.29) is 30.1 Å². The number of hydrogen-bond acceptors (Lipinski definition) is 5. The van der Waals surface area contributed by atoms with Crippen molar-refractivity contribution in [2.45, 2.75) is 51.1 Å². The Hall–Kier alpha value is -2.54. The van der Waals surface area contributed by atoms with Crippen LogP contribution >= 0.6 is 11.5 Å². The number of nitrogens with zero attached hydrogens (tertiary/aromatic N) is 3. The first-order chi connectivity index (χ1) is 13.6. The summed E-state index contributed by atoms with van der Waals surface area (Å²) in [4.78, 5) is 27.9. The monoisotopic (exact) mass is 398 g/mol. The molecule has 6 nitrogen and oxygen atoms in total. The van der Waals surface area contributed by atoms with Crippen molar-refractivity contribution in [3.05, 3.63) is 59.1 Å². The zero-order chi connectivity index (χ0) is 19.9. The Bertz CT molecular complexity index is 798. The maximum atomic E-state index is 13.3. The van der Waals surface area contributed by atoms with Gasteiger partial charge in [0.15, 0.2) is 5.69 Å². The largest absolute Gasteiger partial charge is 0.351 e. The summed E-state index contributed by atoms with van der Waals surface area (Å²) in [5.41, 5.74) is 2.21. The SMILES string of the molecule is C=CCN(C(=O)c1csnn1)[C@H](C(=O)NC1CCCC1)c1ccc(CC)cc1. The summed E-state index contributed by atoms with van der Waals surface area (Å²) in [5, 5.41) is 8.64. The second kappa shape index (κ2) is 9.59. The molecule has 0 unspecified atom stereocenters. The average molecular weight is 399 g/mol. The normalized spacial score (nSPS) is 15.2. The Balaban J connectivity index is 1.94. The Kier molecular flexibility index (Phi) is 6.92. The highest BCUT2D eigenvalue weighted by molar-refractivity contribution is 7.03. The minimum Gasteiger partial charge on any atom is -0.351 e. The first-order valence-corrected chi connectivity index (χ1v) is 10.6. The Morgan fingerprint density at radius 2 is 2.04 bits per heavy atom. The second-order valence-electron chi connectivity index (χ2n) is 7.02. The van der Waals surface area contributed by atoms with Gasteiger partial charge in [-0.15, -0.1) is 11.7 Å². The van der Waals surface area contributed by atoms with Gasteiger partial charge in [-0.2, -0.15) is 0 Å². The zero-order valence-corrected chi connectivity index (χ0v) is 17.0. The maximum absolute atomic E-state index is 13.3. The highest BCUT2D eigenvalue weighted by atomic mass is 32.1. The summed E-state index contributed by atoms with van der Waals surface area (Å²) in [7, 11) is 0. The first-order valence-electron chi connectivity index (χ1n) is 9.72. The van der Waals surface area contributed by atoms with Gasteiger partial charge in [0.1, 0.15) is 6.04 Å². The van der Waals surface area contributed by atoms with E-state index in [2.05, 4.69) is 28.4 Å². The predicted molar refractivity (Wildman–Crippen MR) is 110 cm³/mol. The van der Waals surface area contributed by atoms with E-state index in [0.717, 1.165) is 49.2 Å². The van der Waals surface area contributed by atoms with Crippen molar-refractivity contribution < 1.29 is 9.59 Å². The molecule has 2 amide bonds. The van der Waals surface area contributed by atoms with Crippen molar-refractivity contribution in [2.75, 3.05) is 6.54 Å². The van der Waals surface area contributed by atoms with Crippen LogP contribution in [0.3, 0.4) is 0 Å². The fourth-order valence-corrected chi connectivity index (χ4v) is 4.04. The smallest absolute Gasteiger partial charge is 0.276 e. The topological polar surface area (TPSA) is 75.2 Å². The van der Waals surface area contributed by atoms with Crippen LogP contribution in [0.25, 0.3) is 0 Å². The van der Waals surface area contributed by atoms with Gasteiger partial charge in [0, 0.05) is 18.0 Å². The Morgan fingerprint density at radius 3 is 2.61 bits per heavy atom. The number of aromatic nitrogens is 2. The van der Waals surface area contributed by atoms with Crippen molar-refractivity contribution in [1.82, 2.24) is 19.8 Å². The molecule has 0 spiro atoms. The van der Waals surface area contributed by atoms with Crippen molar-refractivity contribution in [3.63, 3.8) is 0 Å². The second-order valence-corrected chi connectivity index (χ2v) is 7.63. The van der Waals surface area contributed by atoms with Gasteiger partial charge >= 0.3 is 0 Å². The van der Waals surface area contributed by atoms with Crippen LogP contribution in [0.15, 0.2) is 42.3 Å². The fourth-order valence-electron chi connectivity index (χ4n) is 3.61. The molecule has 3 rings (SSSR count). The van der Waals surface area contributed by atoms with E-state index in [1.165, 1.54) is 10.5 Å². The van der Waals surface area contributed by atoms with Gasteiger partial charge in [-0.1, -0.05) is 54.6 Å². The summed E-state index contributed by atoms with van der Waals surface area (Å²) >= 11 is 1.12. The molecule has 1 saturated carbocycles. The Morgan fingerprint density at radius 1 is 1.32 bits per heavy atom. The van der Waals surface area contributed by atoms with E-state index in [4.69, 9.17) is 0 Å². The molecule has 0 bridgehead atoms. The lowest BCUT2D eigenvalue weighted by atomic mass is 10.0. The van der Waals surface area contributed by atoms with Crippen LogP contribution in [0, 0.1) is 0 Å². The van der Waals surface area contributed by atoms with Crippen molar-refractivity contribution in [2.24, 2.45) is 0 Å². The van der Waals surface area contributed by atoms with E-state index < -0.39 is 6.04 Å². The molecule has 2 aromatic rings. The third-order valence-electron chi connectivity index (χ3n) is 5.13. The number of rotatable bonds is 8. The molecular formula is C21H26N4O2S. The van der Waals surface area contributed by atoms with E-state index >= 15 is 0 Å². The van der Waals surface area contributed by atoms with E-state index in [0.29, 0.717) is 0 Å². The Labute approximate surface area is 169 Å². The predicted octanol–water partition coefficient (Wildman–Crippen LogP) is 3.53. The van der Waals surface area contributed by atoms with E-state index in [1.807, 2.05) is 24.3 Å². The molecular weight excluding hydrogens is 372 g/mol. The van der Waals surface area contributed by atoms with Gasteiger partial charge in [-0.25, -0.2) is 0 Å².